The van der Waals surface area contributed by atoms with Gasteiger partial charge in [-0.1, -0.05) is 35.9 Å². The lowest BCUT2D eigenvalue weighted by molar-refractivity contribution is -0.140. The summed E-state index contributed by atoms with van der Waals surface area (Å²) < 4.78 is 11.8. The lowest BCUT2D eigenvalue weighted by atomic mass is 9.85. The number of carbonyl (C=O) groups is 3. The maximum atomic E-state index is 12.9. The number of halogens is 2. The predicted octanol–water partition coefficient (Wildman–Crippen LogP) is 4.53. The van der Waals surface area contributed by atoms with Crippen molar-refractivity contribution in [3.05, 3.63) is 68.7 Å². The first kappa shape index (κ1) is 23.6. The second-order valence-corrected chi connectivity index (χ2v) is 9.82. The summed E-state index contributed by atoms with van der Waals surface area (Å²) in [5, 5.41) is 14.4. The molecule has 1 N–H and O–H groups in total. The van der Waals surface area contributed by atoms with E-state index in [1.54, 1.807) is 18.2 Å². The van der Waals surface area contributed by atoms with Crippen molar-refractivity contribution in [1.29, 1.82) is 0 Å². The number of imide groups is 1. The van der Waals surface area contributed by atoms with Crippen LogP contribution in [0.1, 0.15) is 27.9 Å². The molecule has 35 heavy (non-hydrogen) atoms. The number of benzene rings is 2. The maximum Gasteiger partial charge on any atom is 0.335 e. The van der Waals surface area contributed by atoms with Crippen LogP contribution in [0.4, 0.5) is 0 Å². The number of carbonyl (C=O) groups excluding carboxylic acids is 2. The van der Waals surface area contributed by atoms with E-state index in [2.05, 4.69) is 21.0 Å². The van der Waals surface area contributed by atoms with Crippen molar-refractivity contribution in [3.63, 3.8) is 0 Å². The van der Waals surface area contributed by atoms with Gasteiger partial charge in [-0.2, -0.15) is 10.1 Å². The number of hydrogen-bond donors (Lipinski definition) is 1. The van der Waals surface area contributed by atoms with E-state index in [1.807, 2.05) is 12.2 Å². The van der Waals surface area contributed by atoms with E-state index in [1.165, 1.54) is 25.5 Å². The van der Waals surface area contributed by atoms with Crippen LogP contribution >= 0.6 is 27.5 Å². The van der Waals surface area contributed by atoms with Crippen molar-refractivity contribution in [2.24, 2.45) is 28.8 Å². The summed E-state index contributed by atoms with van der Waals surface area (Å²) in [5.74, 6) is -1.35. The van der Waals surface area contributed by atoms with E-state index < -0.39 is 5.97 Å². The Labute approximate surface area is 214 Å². The number of fused-ring (bicyclic) bond motifs is 5. The number of nitrogens with zero attached hydrogens (tertiary/aromatic N) is 2. The summed E-state index contributed by atoms with van der Waals surface area (Å²) >= 11 is 9.99. The van der Waals surface area contributed by atoms with Gasteiger partial charge in [0, 0.05) is 10.0 Å². The number of ether oxygens (including phenoxy) is 2. The number of hydrogen-bond acceptors (Lipinski definition) is 6. The summed E-state index contributed by atoms with van der Waals surface area (Å²) in [6.45, 7) is 0.131. The molecule has 8 nitrogen and oxygen atoms in total. The van der Waals surface area contributed by atoms with Crippen molar-refractivity contribution in [2.75, 3.05) is 7.11 Å². The molecule has 2 fully saturated rings. The van der Waals surface area contributed by atoms with Gasteiger partial charge in [-0.05, 0) is 57.9 Å². The SMILES string of the molecule is COc1cc(C=NN2C(=O)[C@@H]3[C@H](C2=O)[C@H]2C=C[C@H]3C2)c(Br)c(Cl)c1OCc1ccc(C(=O)O)cc1. The summed E-state index contributed by atoms with van der Waals surface area (Å²) in [7, 11) is 1.46. The first-order chi connectivity index (χ1) is 16.8. The summed E-state index contributed by atoms with van der Waals surface area (Å²) in [6, 6.07) is 7.93. The van der Waals surface area contributed by atoms with Gasteiger partial charge in [0.15, 0.2) is 11.5 Å². The molecule has 2 aliphatic carbocycles. The number of rotatable bonds is 7. The van der Waals surface area contributed by atoms with Crippen molar-refractivity contribution < 1.29 is 29.0 Å². The molecular formula is C25H20BrClN2O6. The van der Waals surface area contributed by atoms with Gasteiger partial charge in [0.05, 0.1) is 30.7 Å². The minimum Gasteiger partial charge on any atom is -0.493 e. The Balaban J connectivity index is 1.35. The smallest absolute Gasteiger partial charge is 0.335 e. The quantitative estimate of drug-likeness (QED) is 0.304. The zero-order valence-corrected chi connectivity index (χ0v) is 20.8. The zero-order valence-electron chi connectivity index (χ0n) is 18.5. The third-order valence-electron chi connectivity index (χ3n) is 6.72. The average molecular weight is 560 g/mol. The molecule has 2 aromatic carbocycles. The maximum absolute atomic E-state index is 12.9. The lowest BCUT2D eigenvalue weighted by Crippen LogP contribution is -2.28. The Morgan fingerprint density at radius 3 is 2.40 bits per heavy atom. The van der Waals surface area contributed by atoms with Crippen LogP contribution < -0.4 is 9.47 Å². The summed E-state index contributed by atoms with van der Waals surface area (Å²) in [6.07, 6.45) is 6.32. The third-order valence-corrected chi connectivity index (χ3v) is 8.16. The van der Waals surface area contributed by atoms with Crippen molar-refractivity contribution in [2.45, 2.75) is 13.0 Å². The van der Waals surface area contributed by atoms with Crippen LogP contribution in [0.3, 0.4) is 0 Å². The Morgan fingerprint density at radius 1 is 1.20 bits per heavy atom. The van der Waals surface area contributed by atoms with Crippen molar-refractivity contribution in [3.8, 4) is 11.5 Å². The highest BCUT2D eigenvalue weighted by atomic mass is 79.9. The molecule has 1 saturated carbocycles. The normalized spacial score (nSPS) is 24.5. The average Bonchev–Trinajstić information content (AvgIpc) is 3.53. The van der Waals surface area contributed by atoms with Gasteiger partial charge < -0.3 is 14.6 Å². The number of methoxy groups -OCH3 is 1. The Kier molecular flexibility index (Phi) is 6.14. The Bertz CT molecular complexity index is 1260. The highest BCUT2D eigenvalue weighted by molar-refractivity contribution is 9.10. The molecule has 180 valence electrons. The molecule has 2 aromatic rings. The lowest BCUT2D eigenvalue weighted by Gasteiger charge is -2.16. The Morgan fingerprint density at radius 2 is 1.83 bits per heavy atom. The molecule has 0 unspecified atom stereocenters. The van der Waals surface area contributed by atoms with Crippen LogP contribution in [0, 0.1) is 23.7 Å². The van der Waals surface area contributed by atoms with Crippen LogP contribution in [-0.2, 0) is 16.2 Å². The molecule has 1 saturated heterocycles. The molecule has 0 aromatic heterocycles. The van der Waals surface area contributed by atoms with Gasteiger partial charge in [-0.3, -0.25) is 9.59 Å². The summed E-state index contributed by atoms with van der Waals surface area (Å²) in [4.78, 5) is 36.7. The number of carboxylic acids is 1. The fourth-order valence-electron chi connectivity index (χ4n) is 5.00. The second kappa shape index (κ2) is 9.13. The molecule has 0 spiro atoms. The van der Waals surface area contributed by atoms with Crippen molar-refractivity contribution in [1.82, 2.24) is 5.01 Å². The highest BCUT2D eigenvalue weighted by Crippen LogP contribution is 2.52. The zero-order chi connectivity index (χ0) is 24.9. The van der Waals surface area contributed by atoms with E-state index >= 15 is 0 Å². The molecule has 2 bridgehead atoms. The van der Waals surface area contributed by atoms with Crippen LogP contribution in [-0.4, -0.2) is 41.2 Å². The van der Waals surface area contributed by atoms with Crippen molar-refractivity contribution >= 4 is 51.5 Å². The third kappa shape index (κ3) is 4.02. The van der Waals surface area contributed by atoms with E-state index in [9.17, 15) is 14.4 Å². The number of carboxylic acid groups (broad SMARTS) is 1. The number of aromatic carboxylic acids is 1. The molecule has 3 aliphatic rings. The van der Waals surface area contributed by atoms with Crippen LogP contribution in [0.15, 0.2) is 52.1 Å². The molecule has 4 atom stereocenters. The number of allylic oxidation sites excluding steroid dienone is 2. The highest BCUT2D eigenvalue weighted by Gasteiger charge is 2.59. The van der Waals surface area contributed by atoms with E-state index in [-0.39, 0.29) is 58.4 Å². The second-order valence-electron chi connectivity index (χ2n) is 8.65. The van der Waals surface area contributed by atoms with Crippen LogP contribution in [0.25, 0.3) is 0 Å². The van der Waals surface area contributed by atoms with Gasteiger partial charge in [0.25, 0.3) is 11.8 Å². The van der Waals surface area contributed by atoms with Gasteiger partial charge >= 0.3 is 5.97 Å². The molecule has 2 amide bonds. The fraction of sp³-hybridized carbons (Fsp3) is 0.280. The monoisotopic (exact) mass is 558 g/mol. The van der Waals surface area contributed by atoms with Gasteiger partial charge in [-0.25, -0.2) is 4.79 Å². The summed E-state index contributed by atoms with van der Waals surface area (Å²) in [5.41, 5.74) is 1.43. The minimum atomic E-state index is -1.01. The molecular weight excluding hydrogens is 540 g/mol. The molecule has 0 radical (unpaired) electrons. The topological polar surface area (TPSA) is 106 Å². The minimum absolute atomic E-state index is 0.111. The van der Waals surface area contributed by atoms with Crippen LogP contribution in [0.2, 0.25) is 5.02 Å². The van der Waals surface area contributed by atoms with Gasteiger partial charge in [0.1, 0.15) is 11.6 Å². The largest absolute Gasteiger partial charge is 0.493 e. The molecule has 1 aliphatic heterocycles. The Hall–Kier alpha value is -3.17. The number of hydrazone groups is 1. The van der Waals surface area contributed by atoms with Gasteiger partial charge in [0.2, 0.25) is 0 Å². The van der Waals surface area contributed by atoms with E-state index in [0.717, 1.165) is 17.0 Å². The van der Waals surface area contributed by atoms with E-state index in [4.69, 9.17) is 26.2 Å². The standard InChI is InChI=1S/C25H20BrClN2O6/c1-34-17-9-16(10-28-29-23(30)18-14-6-7-15(8-14)19(18)24(29)31)20(26)21(27)22(17)35-11-12-2-4-13(5-3-12)25(32)33/h2-7,9-10,14-15,18-19H,8,11H2,1H3,(H,32,33)/t14-,15-,18-,19+/m0/s1. The molecule has 5 rings (SSSR count). The number of amides is 2. The first-order valence-electron chi connectivity index (χ1n) is 10.9. The fourth-order valence-corrected chi connectivity index (χ4v) is 5.66. The first-order valence-corrected chi connectivity index (χ1v) is 12.1. The van der Waals surface area contributed by atoms with Gasteiger partial charge in [-0.15, -0.1) is 0 Å². The molecule has 10 heteroatoms. The predicted molar refractivity (Wildman–Crippen MR) is 131 cm³/mol. The van der Waals surface area contributed by atoms with E-state index in [0.29, 0.717) is 15.8 Å². The van der Waals surface area contributed by atoms with Crippen LogP contribution in [0.5, 0.6) is 11.5 Å². The molecule has 1 heterocycles.